The fraction of sp³-hybridized carbons (Fsp3) is 0.538. The summed E-state index contributed by atoms with van der Waals surface area (Å²) in [5.74, 6) is 0.901. The molecule has 2 atom stereocenters. The lowest BCUT2D eigenvalue weighted by molar-refractivity contribution is 0.0513. The second-order valence-electron chi connectivity index (χ2n) is 4.15. The van der Waals surface area contributed by atoms with Crippen molar-refractivity contribution in [3.8, 4) is 5.75 Å². The molecule has 1 aliphatic rings. The second kappa shape index (κ2) is 5.87. The lowest BCUT2D eigenvalue weighted by atomic mass is 10.2. The van der Waals surface area contributed by atoms with E-state index in [-0.39, 0.29) is 0 Å². The third kappa shape index (κ3) is 3.10. The van der Waals surface area contributed by atoms with Gasteiger partial charge in [-0.2, -0.15) is 0 Å². The monoisotopic (exact) mass is 332 g/mol. The Labute approximate surface area is 110 Å². The van der Waals surface area contributed by atoms with Gasteiger partial charge < -0.3 is 9.47 Å². The van der Waals surface area contributed by atoms with E-state index in [4.69, 9.17) is 9.47 Å². The van der Waals surface area contributed by atoms with Gasteiger partial charge in [-0.15, -0.1) is 0 Å². The van der Waals surface area contributed by atoms with Gasteiger partial charge in [0, 0.05) is 3.92 Å². The van der Waals surface area contributed by atoms with E-state index in [0.717, 1.165) is 5.75 Å². The Balaban J connectivity index is 1.88. The van der Waals surface area contributed by atoms with Gasteiger partial charge in [-0.1, -0.05) is 34.7 Å². The molecule has 0 saturated heterocycles. The van der Waals surface area contributed by atoms with Gasteiger partial charge >= 0.3 is 0 Å². The fourth-order valence-electron chi connectivity index (χ4n) is 2.03. The van der Waals surface area contributed by atoms with Crippen LogP contribution in [-0.2, 0) is 11.3 Å². The molecule has 0 amide bonds. The smallest absolute Gasteiger partial charge is 0.119 e. The number of halogens is 1. The highest BCUT2D eigenvalue weighted by molar-refractivity contribution is 14.1. The van der Waals surface area contributed by atoms with Crippen LogP contribution in [0.1, 0.15) is 24.8 Å². The fourth-order valence-corrected chi connectivity index (χ4v) is 3.04. The molecule has 3 heteroatoms. The van der Waals surface area contributed by atoms with Crippen molar-refractivity contribution in [3.05, 3.63) is 29.8 Å². The number of hydrogen-bond acceptors (Lipinski definition) is 2. The molecule has 88 valence electrons. The van der Waals surface area contributed by atoms with Gasteiger partial charge in [0.1, 0.15) is 5.75 Å². The predicted octanol–water partition coefficient (Wildman–Crippen LogP) is 3.57. The molecule has 2 nitrogen and oxygen atoms in total. The van der Waals surface area contributed by atoms with Crippen LogP contribution in [0.25, 0.3) is 0 Å². The molecule has 0 heterocycles. The first kappa shape index (κ1) is 12.2. The zero-order chi connectivity index (χ0) is 11.4. The number of hydrogen-bond donors (Lipinski definition) is 0. The summed E-state index contributed by atoms with van der Waals surface area (Å²) in [4.78, 5) is 0. The van der Waals surface area contributed by atoms with Gasteiger partial charge in [-0.3, -0.25) is 0 Å². The minimum absolute atomic E-state index is 0.437. The number of ether oxygens (including phenoxy) is 2. The first-order valence-electron chi connectivity index (χ1n) is 5.68. The molecule has 0 spiro atoms. The van der Waals surface area contributed by atoms with Crippen molar-refractivity contribution < 1.29 is 9.47 Å². The van der Waals surface area contributed by atoms with E-state index >= 15 is 0 Å². The molecule has 2 unspecified atom stereocenters. The summed E-state index contributed by atoms with van der Waals surface area (Å²) < 4.78 is 11.8. The quantitative estimate of drug-likeness (QED) is 0.620. The summed E-state index contributed by atoms with van der Waals surface area (Å²) >= 11 is 2.50. The van der Waals surface area contributed by atoms with Crippen molar-refractivity contribution in [1.82, 2.24) is 0 Å². The largest absolute Gasteiger partial charge is 0.497 e. The van der Waals surface area contributed by atoms with E-state index in [1.807, 2.05) is 18.2 Å². The highest BCUT2D eigenvalue weighted by Gasteiger charge is 2.25. The van der Waals surface area contributed by atoms with Crippen molar-refractivity contribution in [2.24, 2.45) is 0 Å². The van der Waals surface area contributed by atoms with Gasteiger partial charge in [-0.25, -0.2) is 0 Å². The zero-order valence-electron chi connectivity index (χ0n) is 9.49. The van der Waals surface area contributed by atoms with Crippen LogP contribution >= 0.6 is 22.6 Å². The molecule has 0 bridgehead atoms. The van der Waals surface area contributed by atoms with E-state index in [1.54, 1.807) is 7.11 Å². The summed E-state index contributed by atoms with van der Waals surface area (Å²) in [5.41, 5.74) is 1.19. The maximum absolute atomic E-state index is 5.94. The summed E-state index contributed by atoms with van der Waals surface area (Å²) in [6, 6.07) is 8.09. The highest BCUT2D eigenvalue weighted by atomic mass is 127. The maximum atomic E-state index is 5.94. The Hall–Kier alpha value is -0.290. The third-order valence-corrected chi connectivity index (χ3v) is 4.40. The summed E-state index contributed by atoms with van der Waals surface area (Å²) in [6.07, 6.45) is 4.24. The van der Waals surface area contributed by atoms with Crippen LogP contribution in [0, 0.1) is 0 Å². The second-order valence-corrected chi connectivity index (χ2v) is 5.75. The molecule has 1 fully saturated rings. The SMILES string of the molecule is COc1cccc(COC2CCCC2I)c1. The molecule has 1 aromatic rings. The van der Waals surface area contributed by atoms with Crippen molar-refractivity contribution in [3.63, 3.8) is 0 Å². The third-order valence-electron chi connectivity index (χ3n) is 2.97. The molecular formula is C13H17IO2. The summed E-state index contributed by atoms with van der Waals surface area (Å²) in [5, 5.41) is 0. The maximum Gasteiger partial charge on any atom is 0.119 e. The Morgan fingerprint density at radius 2 is 2.25 bits per heavy atom. The topological polar surface area (TPSA) is 18.5 Å². The molecular weight excluding hydrogens is 315 g/mol. The predicted molar refractivity (Wildman–Crippen MR) is 73.2 cm³/mol. The van der Waals surface area contributed by atoms with E-state index in [9.17, 15) is 0 Å². The van der Waals surface area contributed by atoms with Gasteiger partial charge in [0.05, 0.1) is 19.8 Å². The van der Waals surface area contributed by atoms with Crippen LogP contribution in [0.2, 0.25) is 0 Å². The molecule has 2 rings (SSSR count). The van der Waals surface area contributed by atoms with Gasteiger partial charge in [0.2, 0.25) is 0 Å². The van der Waals surface area contributed by atoms with Crippen LogP contribution in [0.15, 0.2) is 24.3 Å². The Morgan fingerprint density at radius 1 is 1.38 bits per heavy atom. The lowest BCUT2D eigenvalue weighted by Crippen LogP contribution is -2.17. The minimum Gasteiger partial charge on any atom is -0.497 e. The molecule has 0 aliphatic heterocycles. The number of benzene rings is 1. The molecule has 0 aromatic heterocycles. The van der Waals surface area contributed by atoms with Crippen LogP contribution in [0.4, 0.5) is 0 Å². The average molecular weight is 332 g/mol. The van der Waals surface area contributed by atoms with Crippen molar-refractivity contribution in [1.29, 1.82) is 0 Å². The Kier molecular flexibility index (Phi) is 4.46. The van der Waals surface area contributed by atoms with Crippen LogP contribution in [0.5, 0.6) is 5.75 Å². The summed E-state index contributed by atoms with van der Waals surface area (Å²) in [6.45, 7) is 0.696. The van der Waals surface area contributed by atoms with E-state index in [0.29, 0.717) is 16.6 Å². The average Bonchev–Trinajstić information content (AvgIpc) is 2.72. The Morgan fingerprint density at radius 3 is 2.94 bits per heavy atom. The van der Waals surface area contributed by atoms with Crippen LogP contribution in [-0.4, -0.2) is 17.1 Å². The highest BCUT2D eigenvalue weighted by Crippen LogP contribution is 2.29. The van der Waals surface area contributed by atoms with Gasteiger partial charge in [-0.05, 0) is 37.0 Å². The van der Waals surface area contributed by atoms with E-state index < -0.39 is 0 Å². The van der Waals surface area contributed by atoms with Crippen LogP contribution < -0.4 is 4.74 Å². The molecule has 1 aliphatic carbocycles. The molecule has 1 aromatic carbocycles. The van der Waals surface area contributed by atoms with Crippen molar-refractivity contribution in [2.45, 2.75) is 35.9 Å². The van der Waals surface area contributed by atoms with Crippen molar-refractivity contribution in [2.75, 3.05) is 7.11 Å². The first-order chi connectivity index (χ1) is 7.79. The molecule has 16 heavy (non-hydrogen) atoms. The van der Waals surface area contributed by atoms with Crippen molar-refractivity contribution >= 4 is 22.6 Å². The number of rotatable bonds is 4. The van der Waals surface area contributed by atoms with E-state index in [1.165, 1.54) is 24.8 Å². The number of alkyl halides is 1. The van der Waals surface area contributed by atoms with Gasteiger partial charge in [0.25, 0.3) is 0 Å². The summed E-state index contributed by atoms with van der Waals surface area (Å²) in [7, 11) is 1.69. The normalized spacial score (nSPS) is 24.6. The molecule has 1 saturated carbocycles. The van der Waals surface area contributed by atoms with Gasteiger partial charge in [0.15, 0.2) is 0 Å². The number of methoxy groups -OCH3 is 1. The standard InChI is InChI=1S/C13H17IO2/c1-15-11-5-2-4-10(8-11)9-16-13-7-3-6-12(13)14/h2,4-5,8,12-13H,3,6-7,9H2,1H3. The van der Waals surface area contributed by atoms with Crippen LogP contribution in [0.3, 0.4) is 0 Å². The zero-order valence-corrected chi connectivity index (χ0v) is 11.6. The van der Waals surface area contributed by atoms with E-state index in [2.05, 4.69) is 28.7 Å². The lowest BCUT2D eigenvalue weighted by Gasteiger charge is -2.15. The molecule has 0 N–H and O–H groups in total. The minimum atomic E-state index is 0.437. The first-order valence-corrected chi connectivity index (χ1v) is 6.93. The Bertz CT molecular complexity index is 340. The molecule has 0 radical (unpaired) electrons.